The minimum atomic E-state index is 0.281. The van der Waals surface area contributed by atoms with Crippen LogP contribution in [0.25, 0.3) is 0 Å². The molecule has 0 radical (unpaired) electrons. The van der Waals surface area contributed by atoms with Crippen molar-refractivity contribution in [3.05, 3.63) is 32.5 Å². The molecule has 0 amide bonds. The second-order valence-corrected chi connectivity index (χ2v) is 5.36. The summed E-state index contributed by atoms with van der Waals surface area (Å²) < 4.78 is 6.15. The Labute approximate surface area is 106 Å². The van der Waals surface area contributed by atoms with Gasteiger partial charge in [0.1, 0.15) is 0 Å². The predicted octanol–water partition coefficient (Wildman–Crippen LogP) is 3.05. The first kappa shape index (κ1) is 11.8. The van der Waals surface area contributed by atoms with Gasteiger partial charge in [-0.2, -0.15) is 4.98 Å². The fraction of sp³-hybridized carbons (Fsp3) is 0.400. The van der Waals surface area contributed by atoms with Gasteiger partial charge in [-0.05, 0) is 35.8 Å². The predicted molar refractivity (Wildman–Crippen MR) is 66.3 cm³/mol. The summed E-state index contributed by atoms with van der Waals surface area (Å²) in [7, 11) is 0. The summed E-state index contributed by atoms with van der Waals surface area (Å²) in [5.41, 5.74) is 0. The van der Waals surface area contributed by atoms with Crippen molar-refractivity contribution in [1.82, 2.24) is 15.5 Å². The maximum atomic E-state index is 5.03. The molecule has 6 heteroatoms. The Hall–Kier alpha value is -0.720. The van der Waals surface area contributed by atoms with Gasteiger partial charge in [-0.25, -0.2) is 0 Å². The van der Waals surface area contributed by atoms with Crippen LogP contribution in [0.4, 0.5) is 0 Å². The van der Waals surface area contributed by atoms with Gasteiger partial charge in [-0.1, -0.05) is 5.16 Å². The highest BCUT2D eigenvalue weighted by Crippen LogP contribution is 2.25. The van der Waals surface area contributed by atoms with Crippen molar-refractivity contribution in [2.45, 2.75) is 26.4 Å². The smallest absolute Gasteiger partial charge is 0.240 e. The molecule has 86 valence electrons. The van der Waals surface area contributed by atoms with Crippen molar-refractivity contribution < 1.29 is 4.52 Å². The van der Waals surface area contributed by atoms with E-state index in [2.05, 4.69) is 49.8 Å². The SMILES string of the molecule is Cc1noc(CNC(C)c2cc(Br)cs2)n1. The second kappa shape index (κ2) is 5.07. The maximum Gasteiger partial charge on any atom is 0.240 e. The third-order valence-corrected chi connectivity index (χ3v) is 4.02. The molecule has 1 atom stereocenters. The molecule has 0 fully saturated rings. The number of hydrogen-bond donors (Lipinski definition) is 1. The number of nitrogens with one attached hydrogen (secondary N) is 1. The zero-order chi connectivity index (χ0) is 11.5. The van der Waals surface area contributed by atoms with E-state index in [1.807, 2.05) is 6.92 Å². The number of nitrogens with zero attached hydrogens (tertiary/aromatic N) is 2. The number of rotatable bonds is 4. The number of thiophene rings is 1. The van der Waals surface area contributed by atoms with Crippen LogP contribution in [-0.2, 0) is 6.54 Å². The molecule has 4 nitrogen and oxygen atoms in total. The lowest BCUT2D eigenvalue weighted by atomic mass is 10.3. The number of aryl methyl sites for hydroxylation is 1. The number of hydrogen-bond acceptors (Lipinski definition) is 5. The molecule has 0 aliphatic rings. The minimum Gasteiger partial charge on any atom is -0.338 e. The van der Waals surface area contributed by atoms with Crippen molar-refractivity contribution in [2.24, 2.45) is 0 Å². The Morgan fingerprint density at radius 3 is 3.00 bits per heavy atom. The van der Waals surface area contributed by atoms with E-state index in [0.717, 1.165) is 4.47 Å². The molecule has 0 aliphatic heterocycles. The monoisotopic (exact) mass is 301 g/mol. The van der Waals surface area contributed by atoms with Gasteiger partial charge >= 0.3 is 0 Å². The minimum absolute atomic E-state index is 0.281. The Kier molecular flexibility index (Phi) is 3.73. The van der Waals surface area contributed by atoms with E-state index < -0.39 is 0 Å². The van der Waals surface area contributed by atoms with Gasteiger partial charge in [0.05, 0.1) is 6.54 Å². The molecule has 1 unspecified atom stereocenters. The molecule has 0 spiro atoms. The summed E-state index contributed by atoms with van der Waals surface area (Å²) in [5, 5.41) is 9.15. The summed E-state index contributed by atoms with van der Waals surface area (Å²) in [6.45, 7) is 4.52. The van der Waals surface area contributed by atoms with Crippen LogP contribution in [0.1, 0.15) is 29.6 Å². The lowest BCUT2D eigenvalue weighted by molar-refractivity contribution is 0.358. The lowest BCUT2D eigenvalue weighted by Gasteiger charge is -2.09. The van der Waals surface area contributed by atoms with Gasteiger partial charge < -0.3 is 9.84 Å². The second-order valence-electron chi connectivity index (χ2n) is 3.51. The fourth-order valence-electron chi connectivity index (χ4n) is 1.31. The molecule has 0 saturated heterocycles. The van der Waals surface area contributed by atoms with Crippen molar-refractivity contribution in [3.63, 3.8) is 0 Å². The third kappa shape index (κ3) is 2.90. The summed E-state index contributed by atoms with van der Waals surface area (Å²) in [6, 6.07) is 2.39. The highest BCUT2D eigenvalue weighted by molar-refractivity contribution is 9.10. The molecule has 0 aromatic carbocycles. The first-order chi connectivity index (χ1) is 7.65. The van der Waals surface area contributed by atoms with Crippen molar-refractivity contribution >= 4 is 27.3 Å². The zero-order valence-electron chi connectivity index (χ0n) is 9.03. The van der Waals surface area contributed by atoms with E-state index in [-0.39, 0.29) is 6.04 Å². The summed E-state index contributed by atoms with van der Waals surface area (Å²) >= 11 is 5.16. The molecular formula is C10H12BrN3OS. The quantitative estimate of drug-likeness (QED) is 0.943. The third-order valence-electron chi connectivity index (χ3n) is 2.14. The normalized spacial score (nSPS) is 12.9. The largest absolute Gasteiger partial charge is 0.338 e. The van der Waals surface area contributed by atoms with Crippen LogP contribution < -0.4 is 5.32 Å². The van der Waals surface area contributed by atoms with E-state index in [1.54, 1.807) is 11.3 Å². The first-order valence-electron chi connectivity index (χ1n) is 4.91. The topological polar surface area (TPSA) is 51.0 Å². The van der Waals surface area contributed by atoms with Crippen LogP contribution in [-0.4, -0.2) is 10.1 Å². The van der Waals surface area contributed by atoms with Crippen molar-refractivity contribution in [1.29, 1.82) is 0 Å². The summed E-state index contributed by atoms with van der Waals surface area (Å²) in [6.07, 6.45) is 0. The lowest BCUT2D eigenvalue weighted by Crippen LogP contribution is -2.17. The molecule has 2 heterocycles. The fourth-order valence-corrected chi connectivity index (χ4v) is 2.79. The van der Waals surface area contributed by atoms with Crippen molar-refractivity contribution in [3.8, 4) is 0 Å². The molecule has 1 N–H and O–H groups in total. The molecule has 16 heavy (non-hydrogen) atoms. The van der Waals surface area contributed by atoms with E-state index in [0.29, 0.717) is 18.3 Å². The molecule has 2 aromatic heterocycles. The van der Waals surface area contributed by atoms with Gasteiger partial charge in [0.25, 0.3) is 0 Å². The Balaban J connectivity index is 1.91. The van der Waals surface area contributed by atoms with Crippen LogP contribution in [0.5, 0.6) is 0 Å². The average molecular weight is 302 g/mol. The molecular weight excluding hydrogens is 290 g/mol. The molecule has 0 aliphatic carbocycles. The summed E-state index contributed by atoms with van der Waals surface area (Å²) in [5.74, 6) is 1.29. The average Bonchev–Trinajstić information content (AvgIpc) is 2.84. The standard InChI is InChI=1S/C10H12BrN3OS/c1-6(9-3-8(11)5-16-9)12-4-10-13-7(2)14-15-10/h3,5-6,12H,4H2,1-2H3. The highest BCUT2D eigenvalue weighted by atomic mass is 79.9. The van der Waals surface area contributed by atoms with Crippen LogP contribution in [0, 0.1) is 6.92 Å². The van der Waals surface area contributed by atoms with E-state index in [4.69, 9.17) is 4.52 Å². The Morgan fingerprint density at radius 1 is 1.62 bits per heavy atom. The summed E-state index contributed by atoms with van der Waals surface area (Å²) in [4.78, 5) is 5.42. The highest BCUT2D eigenvalue weighted by Gasteiger charge is 2.09. The Morgan fingerprint density at radius 2 is 2.44 bits per heavy atom. The van der Waals surface area contributed by atoms with Crippen LogP contribution in [0.2, 0.25) is 0 Å². The molecule has 0 bridgehead atoms. The van der Waals surface area contributed by atoms with Gasteiger partial charge in [0.2, 0.25) is 5.89 Å². The van der Waals surface area contributed by atoms with Crippen LogP contribution in [0.3, 0.4) is 0 Å². The Bertz CT molecular complexity index is 468. The number of halogens is 1. The van der Waals surface area contributed by atoms with Crippen molar-refractivity contribution in [2.75, 3.05) is 0 Å². The molecule has 2 aromatic rings. The number of aromatic nitrogens is 2. The maximum absolute atomic E-state index is 5.03. The van der Waals surface area contributed by atoms with Gasteiger partial charge in [0, 0.05) is 20.8 Å². The van der Waals surface area contributed by atoms with Crippen LogP contribution >= 0.6 is 27.3 Å². The van der Waals surface area contributed by atoms with Gasteiger partial charge in [-0.15, -0.1) is 11.3 Å². The van der Waals surface area contributed by atoms with Gasteiger partial charge in [0.15, 0.2) is 5.82 Å². The first-order valence-corrected chi connectivity index (χ1v) is 6.59. The molecule has 0 saturated carbocycles. The van der Waals surface area contributed by atoms with E-state index in [1.165, 1.54) is 4.88 Å². The van der Waals surface area contributed by atoms with E-state index in [9.17, 15) is 0 Å². The van der Waals surface area contributed by atoms with Crippen LogP contribution in [0.15, 0.2) is 20.4 Å². The van der Waals surface area contributed by atoms with E-state index >= 15 is 0 Å². The zero-order valence-corrected chi connectivity index (χ0v) is 11.4. The van der Waals surface area contributed by atoms with Gasteiger partial charge in [-0.3, -0.25) is 0 Å². The molecule has 2 rings (SSSR count).